The number of benzene rings is 1. The smallest absolute Gasteiger partial charge is 0.142 e. The van der Waals surface area contributed by atoms with Gasteiger partial charge in [-0.3, -0.25) is 0 Å². The molecule has 1 heterocycles. The Kier molecular flexibility index (Phi) is 3.82. The first kappa shape index (κ1) is 11.9. The van der Waals surface area contributed by atoms with E-state index in [4.69, 9.17) is 11.6 Å². The van der Waals surface area contributed by atoms with Crippen molar-refractivity contribution < 1.29 is 4.39 Å². The van der Waals surface area contributed by atoms with Crippen LogP contribution in [0, 0.1) is 5.82 Å². The van der Waals surface area contributed by atoms with Crippen LogP contribution in [0.5, 0.6) is 0 Å². The SMILES string of the molecule is CN1CCCC(c2cccc(F)c2Cl)CC1. The van der Waals surface area contributed by atoms with Crippen LogP contribution < -0.4 is 0 Å². The molecule has 88 valence electrons. The lowest BCUT2D eigenvalue weighted by Crippen LogP contribution is -2.18. The summed E-state index contributed by atoms with van der Waals surface area (Å²) in [6.45, 7) is 2.20. The van der Waals surface area contributed by atoms with Crippen molar-refractivity contribution in [1.82, 2.24) is 4.90 Å². The van der Waals surface area contributed by atoms with Crippen molar-refractivity contribution in [2.75, 3.05) is 20.1 Å². The van der Waals surface area contributed by atoms with Gasteiger partial charge in [-0.2, -0.15) is 0 Å². The van der Waals surface area contributed by atoms with Gasteiger partial charge in [0.2, 0.25) is 0 Å². The molecule has 16 heavy (non-hydrogen) atoms. The summed E-state index contributed by atoms with van der Waals surface area (Å²) in [5.74, 6) is 0.116. The molecule has 0 aliphatic carbocycles. The fourth-order valence-electron chi connectivity index (χ4n) is 2.39. The number of nitrogens with zero attached hydrogens (tertiary/aromatic N) is 1. The van der Waals surface area contributed by atoms with E-state index in [1.165, 1.54) is 6.07 Å². The van der Waals surface area contributed by atoms with Gasteiger partial charge in [0.15, 0.2) is 0 Å². The zero-order valence-corrected chi connectivity index (χ0v) is 10.3. The van der Waals surface area contributed by atoms with Gasteiger partial charge < -0.3 is 4.90 Å². The summed E-state index contributed by atoms with van der Waals surface area (Å²) in [6.07, 6.45) is 3.33. The summed E-state index contributed by atoms with van der Waals surface area (Å²) in [4.78, 5) is 2.33. The maximum atomic E-state index is 13.4. The van der Waals surface area contributed by atoms with Crippen LogP contribution in [-0.4, -0.2) is 25.0 Å². The highest BCUT2D eigenvalue weighted by Gasteiger charge is 2.19. The number of likely N-dealkylation sites (tertiary alicyclic amines) is 1. The third-order valence-electron chi connectivity index (χ3n) is 3.37. The Morgan fingerprint density at radius 2 is 2.12 bits per heavy atom. The first-order valence-electron chi connectivity index (χ1n) is 5.81. The van der Waals surface area contributed by atoms with Crippen molar-refractivity contribution in [2.24, 2.45) is 0 Å². The summed E-state index contributed by atoms with van der Waals surface area (Å²) in [6, 6.07) is 5.14. The molecule has 1 aromatic carbocycles. The molecule has 0 radical (unpaired) electrons. The van der Waals surface area contributed by atoms with Crippen LogP contribution in [0.3, 0.4) is 0 Å². The molecule has 0 bridgehead atoms. The lowest BCUT2D eigenvalue weighted by atomic mass is 9.92. The fraction of sp³-hybridized carbons (Fsp3) is 0.538. The molecule has 1 saturated heterocycles. The molecule has 1 fully saturated rings. The van der Waals surface area contributed by atoms with E-state index in [9.17, 15) is 4.39 Å². The molecule has 0 spiro atoms. The van der Waals surface area contributed by atoms with Crippen LogP contribution in [-0.2, 0) is 0 Å². The number of halogens is 2. The van der Waals surface area contributed by atoms with Crippen molar-refractivity contribution in [3.63, 3.8) is 0 Å². The van der Waals surface area contributed by atoms with E-state index in [-0.39, 0.29) is 5.82 Å². The van der Waals surface area contributed by atoms with Gasteiger partial charge in [0.25, 0.3) is 0 Å². The normalized spacial score (nSPS) is 23.1. The number of hydrogen-bond donors (Lipinski definition) is 0. The average molecular weight is 242 g/mol. The van der Waals surface area contributed by atoms with Gasteiger partial charge in [0.1, 0.15) is 5.82 Å². The van der Waals surface area contributed by atoms with Gasteiger partial charge in [0, 0.05) is 0 Å². The second kappa shape index (κ2) is 5.15. The standard InChI is InChI=1S/C13H17ClFN/c1-16-8-3-4-10(7-9-16)11-5-2-6-12(15)13(11)14/h2,5-6,10H,3-4,7-9H2,1H3. The molecule has 1 atom stereocenters. The maximum Gasteiger partial charge on any atom is 0.142 e. The quantitative estimate of drug-likeness (QED) is 0.725. The molecule has 0 saturated carbocycles. The van der Waals surface area contributed by atoms with E-state index in [2.05, 4.69) is 11.9 Å². The second-order valence-electron chi connectivity index (χ2n) is 4.57. The van der Waals surface area contributed by atoms with Crippen molar-refractivity contribution in [3.8, 4) is 0 Å². The van der Waals surface area contributed by atoms with Gasteiger partial charge in [-0.1, -0.05) is 23.7 Å². The van der Waals surface area contributed by atoms with Crippen molar-refractivity contribution in [2.45, 2.75) is 25.2 Å². The maximum absolute atomic E-state index is 13.4. The molecule has 0 aromatic heterocycles. The predicted octanol–water partition coefficient (Wildman–Crippen LogP) is 3.68. The van der Waals surface area contributed by atoms with Crippen LogP contribution in [0.1, 0.15) is 30.7 Å². The molecule has 3 heteroatoms. The first-order chi connectivity index (χ1) is 7.68. The monoisotopic (exact) mass is 241 g/mol. The van der Waals surface area contributed by atoms with Gasteiger partial charge in [-0.25, -0.2) is 4.39 Å². The van der Waals surface area contributed by atoms with E-state index in [1.54, 1.807) is 6.07 Å². The third kappa shape index (κ3) is 2.55. The fourth-order valence-corrected chi connectivity index (χ4v) is 2.67. The van der Waals surface area contributed by atoms with Gasteiger partial charge in [0.05, 0.1) is 5.02 Å². The van der Waals surface area contributed by atoms with Gasteiger partial charge >= 0.3 is 0 Å². The van der Waals surface area contributed by atoms with Crippen LogP contribution in [0.2, 0.25) is 5.02 Å². The highest BCUT2D eigenvalue weighted by Crippen LogP contribution is 2.33. The molecule has 1 unspecified atom stereocenters. The van der Waals surface area contributed by atoms with E-state index in [0.717, 1.165) is 37.9 Å². The van der Waals surface area contributed by atoms with E-state index in [1.807, 2.05) is 6.07 Å². The lowest BCUT2D eigenvalue weighted by Gasteiger charge is -2.16. The van der Waals surface area contributed by atoms with Crippen LogP contribution >= 0.6 is 11.6 Å². The van der Waals surface area contributed by atoms with Crippen molar-refractivity contribution in [3.05, 3.63) is 34.6 Å². The van der Waals surface area contributed by atoms with E-state index >= 15 is 0 Å². The highest BCUT2D eigenvalue weighted by atomic mass is 35.5. The van der Waals surface area contributed by atoms with E-state index in [0.29, 0.717) is 10.9 Å². The molecule has 0 amide bonds. The first-order valence-corrected chi connectivity index (χ1v) is 6.18. The average Bonchev–Trinajstić information content (AvgIpc) is 2.47. The molecule has 1 aliphatic rings. The Bertz CT molecular complexity index is 367. The lowest BCUT2D eigenvalue weighted by molar-refractivity contribution is 0.347. The summed E-state index contributed by atoms with van der Waals surface area (Å²) >= 11 is 6.03. The summed E-state index contributed by atoms with van der Waals surface area (Å²) in [7, 11) is 2.13. The summed E-state index contributed by atoms with van der Waals surface area (Å²) in [5, 5.41) is 0.317. The largest absolute Gasteiger partial charge is 0.306 e. The zero-order valence-electron chi connectivity index (χ0n) is 9.55. The minimum atomic E-state index is -0.295. The Balaban J connectivity index is 2.20. The third-order valence-corrected chi connectivity index (χ3v) is 3.77. The molecule has 1 aliphatic heterocycles. The molecule has 1 nitrogen and oxygen atoms in total. The zero-order chi connectivity index (χ0) is 11.5. The molecular formula is C13H17ClFN. The van der Waals surface area contributed by atoms with Crippen LogP contribution in [0.15, 0.2) is 18.2 Å². The van der Waals surface area contributed by atoms with Gasteiger partial charge in [-0.05, 0) is 56.9 Å². The second-order valence-corrected chi connectivity index (χ2v) is 4.95. The molecule has 0 N–H and O–H groups in total. The molecule has 2 rings (SSSR count). The Labute approximate surface area is 101 Å². The summed E-state index contributed by atoms with van der Waals surface area (Å²) in [5.41, 5.74) is 0.983. The highest BCUT2D eigenvalue weighted by molar-refractivity contribution is 6.31. The Morgan fingerprint density at radius 3 is 2.94 bits per heavy atom. The van der Waals surface area contributed by atoms with Crippen LogP contribution in [0.4, 0.5) is 4.39 Å². The number of hydrogen-bond acceptors (Lipinski definition) is 1. The van der Waals surface area contributed by atoms with Crippen molar-refractivity contribution in [1.29, 1.82) is 0 Å². The van der Waals surface area contributed by atoms with Crippen molar-refractivity contribution >= 4 is 11.6 Å². The molecule has 1 aromatic rings. The van der Waals surface area contributed by atoms with Gasteiger partial charge in [-0.15, -0.1) is 0 Å². The Hall–Kier alpha value is -0.600. The topological polar surface area (TPSA) is 3.24 Å². The minimum Gasteiger partial charge on any atom is -0.306 e. The molecular weight excluding hydrogens is 225 g/mol. The summed E-state index contributed by atoms with van der Waals surface area (Å²) < 4.78 is 13.4. The van der Waals surface area contributed by atoms with E-state index < -0.39 is 0 Å². The predicted molar refractivity (Wildman–Crippen MR) is 65.5 cm³/mol. The minimum absolute atomic E-state index is 0.295. The number of rotatable bonds is 1. The van der Waals surface area contributed by atoms with Crippen LogP contribution in [0.25, 0.3) is 0 Å². The Morgan fingerprint density at radius 1 is 1.31 bits per heavy atom.